The first-order chi connectivity index (χ1) is 8.83. The van der Waals surface area contributed by atoms with E-state index in [0.29, 0.717) is 12.1 Å². The lowest BCUT2D eigenvalue weighted by Crippen LogP contribution is -2.64. The first kappa shape index (κ1) is 12.2. The van der Waals surface area contributed by atoms with Gasteiger partial charge in [0.25, 0.3) is 0 Å². The third-order valence-electron chi connectivity index (χ3n) is 4.25. The van der Waals surface area contributed by atoms with Crippen molar-refractivity contribution in [1.29, 1.82) is 0 Å². The van der Waals surface area contributed by atoms with Gasteiger partial charge in [-0.25, -0.2) is 0 Å². The maximum atomic E-state index is 3.55. The van der Waals surface area contributed by atoms with Crippen molar-refractivity contribution >= 4 is 0 Å². The summed E-state index contributed by atoms with van der Waals surface area (Å²) in [5.74, 6) is 0. The number of nitrogens with one attached hydrogen (secondary N) is 1. The third kappa shape index (κ3) is 2.58. The Morgan fingerprint density at radius 1 is 1.17 bits per heavy atom. The molecule has 2 unspecified atom stereocenters. The Morgan fingerprint density at radius 3 is 2.83 bits per heavy atom. The number of hydrogen-bond acceptors (Lipinski definition) is 3. The van der Waals surface area contributed by atoms with Gasteiger partial charge in [0.15, 0.2) is 0 Å². The van der Waals surface area contributed by atoms with Crippen LogP contribution in [0.25, 0.3) is 0 Å². The lowest BCUT2D eigenvalue weighted by Gasteiger charge is -2.47. The number of nitrogens with zero attached hydrogens (tertiary/aromatic N) is 2. The molecule has 0 aromatic heterocycles. The monoisotopic (exact) mass is 245 g/mol. The summed E-state index contributed by atoms with van der Waals surface area (Å²) in [6, 6.07) is 12.2. The summed E-state index contributed by atoms with van der Waals surface area (Å²) in [5.41, 5.74) is 1.43. The van der Waals surface area contributed by atoms with E-state index in [4.69, 9.17) is 0 Å². The van der Waals surface area contributed by atoms with Gasteiger partial charge in [-0.1, -0.05) is 30.3 Å². The van der Waals surface area contributed by atoms with E-state index >= 15 is 0 Å². The highest BCUT2D eigenvalue weighted by Crippen LogP contribution is 2.17. The quantitative estimate of drug-likeness (QED) is 0.843. The highest BCUT2D eigenvalue weighted by molar-refractivity contribution is 5.14. The molecule has 0 saturated carbocycles. The number of benzene rings is 1. The summed E-state index contributed by atoms with van der Waals surface area (Å²) in [6.07, 6.45) is 0. The van der Waals surface area contributed by atoms with Crippen LogP contribution >= 0.6 is 0 Å². The van der Waals surface area contributed by atoms with Crippen molar-refractivity contribution in [2.24, 2.45) is 0 Å². The van der Waals surface area contributed by atoms with Gasteiger partial charge in [0, 0.05) is 51.4 Å². The second-order valence-electron chi connectivity index (χ2n) is 5.62. The zero-order valence-corrected chi connectivity index (χ0v) is 11.2. The van der Waals surface area contributed by atoms with Gasteiger partial charge >= 0.3 is 0 Å². The zero-order chi connectivity index (χ0) is 12.4. The maximum absolute atomic E-state index is 3.55. The molecule has 0 aliphatic carbocycles. The second kappa shape index (κ2) is 5.39. The van der Waals surface area contributed by atoms with E-state index in [9.17, 15) is 0 Å². The molecule has 18 heavy (non-hydrogen) atoms. The van der Waals surface area contributed by atoms with Gasteiger partial charge < -0.3 is 5.32 Å². The van der Waals surface area contributed by atoms with Crippen LogP contribution in [0.15, 0.2) is 30.3 Å². The van der Waals surface area contributed by atoms with Gasteiger partial charge in [-0.15, -0.1) is 0 Å². The van der Waals surface area contributed by atoms with E-state index in [1.807, 2.05) is 0 Å². The van der Waals surface area contributed by atoms with Gasteiger partial charge in [0.1, 0.15) is 0 Å². The molecule has 3 heteroatoms. The maximum Gasteiger partial charge on any atom is 0.0351 e. The minimum atomic E-state index is 0.697. The minimum absolute atomic E-state index is 0.697. The zero-order valence-electron chi connectivity index (χ0n) is 11.2. The summed E-state index contributed by atoms with van der Waals surface area (Å²) in [6.45, 7) is 9.36. The molecular weight excluding hydrogens is 222 g/mol. The lowest BCUT2D eigenvalue weighted by molar-refractivity contribution is 0.0230. The SMILES string of the molecule is CC1CNCC2CN(Cc3ccccc3)CCN12. The van der Waals surface area contributed by atoms with Crippen LogP contribution in [0.4, 0.5) is 0 Å². The minimum Gasteiger partial charge on any atom is -0.314 e. The molecule has 2 aliphatic rings. The van der Waals surface area contributed by atoms with E-state index < -0.39 is 0 Å². The van der Waals surface area contributed by atoms with Crippen LogP contribution < -0.4 is 5.32 Å². The van der Waals surface area contributed by atoms with Crippen molar-refractivity contribution in [2.75, 3.05) is 32.7 Å². The van der Waals surface area contributed by atoms with Crippen molar-refractivity contribution in [2.45, 2.75) is 25.6 Å². The molecule has 0 radical (unpaired) electrons. The average molecular weight is 245 g/mol. The first-order valence-electron chi connectivity index (χ1n) is 7.05. The van der Waals surface area contributed by atoms with Crippen molar-refractivity contribution in [1.82, 2.24) is 15.1 Å². The van der Waals surface area contributed by atoms with Gasteiger partial charge in [0.05, 0.1) is 0 Å². The fourth-order valence-corrected chi connectivity index (χ4v) is 3.26. The van der Waals surface area contributed by atoms with Crippen LogP contribution in [0.2, 0.25) is 0 Å². The number of hydrogen-bond donors (Lipinski definition) is 1. The van der Waals surface area contributed by atoms with Gasteiger partial charge in [-0.05, 0) is 12.5 Å². The summed E-state index contributed by atoms with van der Waals surface area (Å²) < 4.78 is 0. The standard InChI is InChI=1S/C15H23N3/c1-13-9-16-10-15-12-17(7-8-18(13)15)11-14-5-3-2-4-6-14/h2-6,13,15-16H,7-12H2,1H3. The molecule has 0 spiro atoms. The molecule has 2 heterocycles. The topological polar surface area (TPSA) is 18.5 Å². The Labute approximate surface area is 110 Å². The van der Waals surface area contributed by atoms with E-state index in [2.05, 4.69) is 52.4 Å². The summed E-state index contributed by atoms with van der Waals surface area (Å²) in [5, 5.41) is 3.55. The predicted octanol–water partition coefficient (Wildman–Crippen LogP) is 1.16. The molecule has 3 nitrogen and oxygen atoms in total. The molecule has 0 bridgehead atoms. The van der Waals surface area contributed by atoms with Crippen LogP contribution in [-0.2, 0) is 6.54 Å². The molecule has 98 valence electrons. The van der Waals surface area contributed by atoms with Crippen molar-refractivity contribution < 1.29 is 0 Å². The van der Waals surface area contributed by atoms with E-state index in [1.54, 1.807) is 0 Å². The molecule has 1 N–H and O–H groups in total. The van der Waals surface area contributed by atoms with E-state index in [0.717, 1.165) is 19.6 Å². The molecule has 3 rings (SSSR count). The highest BCUT2D eigenvalue weighted by Gasteiger charge is 2.32. The van der Waals surface area contributed by atoms with Crippen molar-refractivity contribution in [3.8, 4) is 0 Å². The molecule has 2 atom stereocenters. The highest BCUT2D eigenvalue weighted by atomic mass is 15.3. The third-order valence-corrected chi connectivity index (χ3v) is 4.25. The van der Waals surface area contributed by atoms with E-state index in [-0.39, 0.29) is 0 Å². The number of rotatable bonds is 2. The molecular formula is C15H23N3. The van der Waals surface area contributed by atoms with E-state index in [1.165, 1.54) is 25.2 Å². The van der Waals surface area contributed by atoms with Crippen LogP contribution in [0.5, 0.6) is 0 Å². The molecule has 2 aliphatic heterocycles. The largest absolute Gasteiger partial charge is 0.314 e. The second-order valence-corrected chi connectivity index (χ2v) is 5.62. The summed E-state index contributed by atoms with van der Waals surface area (Å²) in [4.78, 5) is 5.27. The normalized spacial score (nSPS) is 30.1. The van der Waals surface area contributed by atoms with Crippen LogP contribution in [-0.4, -0.2) is 54.6 Å². The van der Waals surface area contributed by atoms with Gasteiger partial charge in [-0.2, -0.15) is 0 Å². The van der Waals surface area contributed by atoms with Crippen molar-refractivity contribution in [3.63, 3.8) is 0 Å². The smallest absolute Gasteiger partial charge is 0.0351 e. The lowest BCUT2D eigenvalue weighted by atomic mass is 10.0. The average Bonchev–Trinajstić information content (AvgIpc) is 2.40. The summed E-state index contributed by atoms with van der Waals surface area (Å²) >= 11 is 0. The Hall–Kier alpha value is -0.900. The van der Waals surface area contributed by atoms with Crippen LogP contribution in [0.1, 0.15) is 12.5 Å². The molecule has 1 aromatic rings. The fourth-order valence-electron chi connectivity index (χ4n) is 3.26. The van der Waals surface area contributed by atoms with Crippen LogP contribution in [0, 0.1) is 0 Å². The van der Waals surface area contributed by atoms with Crippen LogP contribution in [0.3, 0.4) is 0 Å². The summed E-state index contributed by atoms with van der Waals surface area (Å²) in [7, 11) is 0. The Balaban J connectivity index is 1.60. The molecule has 2 fully saturated rings. The van der Waals surface area contributed by atoms with Gasteiger partial charge in [-0.3, -0.25) is 9.80 Å². The Bertz CT molecular complexity index is 379. The molecule has 0 amide bonds. The van der Waals surface area contributed by atoms with Gasteiger partial charge in [0.2, 0.25) is 0 Å². The van der Waals surface area contributed by atoms with Crippen molar-refractivity contribution in [3.05, 3.63) is 35.9 Å². The molecule has 2 saturated heterocycles. The number of fused-ring (bicyclic) bond motifs is 1. The fraction of sp³-hybridized carbons (Fsp3) is 0.600. The predicted molar refractivity (Wildman–Crippen MR) is 74.5 cm³/mol. The number of piperazine rings is 2. The Kier molecular flexibility index (Phi) is 3.64. The first-order valence-corrected chi connectivity index (χ1v) is 7.05. The Morgan fingerprint density at radius 2 is 2.00 bits per heavy atom. The molecule has 1 aromatic carbocycles.